The van der Waals surface area contributed by atoms with Gasteiger partial charge in [-0.15, -0.1) is 0 Å². The fourth-order valence-corrected chi connectivity index (χ4v) is 2.04. The molecule has 108 valence electrons. The molecule has 6 heteroatoms. The summed E-state index contributed by atoms with van der Waals surface area (Å²) in [7, 11) is 0. The average molecular weight is 278 g/mol. The number of rotatable bonds is 3. The third-order valence-electron chi connectivity index (χ3n) is 3.32. The van der Waals surface area contributed by atoms with Gasteiger partial charge in [0, 0.05) is 0 Å². The summed E-state index contributed by atoms with van der Waals surface area (Å²) in [5.74, 6) is -1.03. The second-order valence-electron chi connectivity index (χ2n) is 5.13. The van der Waals surface area contributed by atoms with Gasteiger partial charge in [-0.05, 0) is 18.1 Å². The molecule has 1 aliphatic heterocycles. The molecular weight excluding hydrogens is 260 g/mol. The molecule has 0 aromatic heterocycles. The summed E-state index contributed by atoms with van der Waals surface area (Å²) in [5.41, 5.74) is 6.45. The number of carboxylic acids is 1. The molecule has 2 atom stereocenters. The minimum atomic E-state index is -1.10. The summed E-state index contributed by atoms with van der Waals surface area (Å²) < 4.78 is 5.38. The number of nitrogens with zero attached hydrogens (tertiary/aromatic N) is 1. The lowest BCUT2D eigenvalue weighted by atomic mass is 10.0. The summed E-state index contributed by atoms with van der Waals surface area (Å²) >= 11 is 0. The first-order chi connectivity index (χ1) is 9.41. The molecule has 1 aliphatic rings. The molecule has 1 heterocycles. The number of carboxylic acid groups (broad SMARTS) is 1. The van der Waals surface area contributed by atoms with E-state index in [2.05, 4.69) is 0 Å². The SMILES string of the molecule is CC(C)[C@H](N)C(=O)N1CC(C(=O)O)Oc2ccccc21. The van der Waals surface area contributed by atoms with E-state index < -0.39 is 18.1 Å². The van der Waals surface area contributed by atoms with Crippen LogP contribution in [0.2, 0.25) is 0 Å². The van der Waals surface area contributed by atoms with Crippen molar-refractivity contribution in [3.05, 3.63) is 24.3 Å². The normalized spacial score (nSPS) is 19.2. The molecule has 0 radical (unpaired) electrons. The van der Waals surface area contributed by atoms with E-state index in [4.69, 9.17) is 15.6 Å². The Morgan fingerprint density at radius 2 is 2.05 bits per heavy atom. The second-order valence-corrected chi connectivity index (χ2v) is 5.13. The molecule has 1 amide bonds. The third kappa shape index (κ3) is 2.60. The van der Waals surface area contributed by atoms with Gasteiger partial charge in [0.2, 0.25) is 12.0 Å². The highest BCUT2D eigenvalue weighted by molar-refractivity contribution is 5.99. The number of amides is 1. The molecule has 1 aromatic rings. The van der Waals surface area contributed by atoms with Crippen LogP contribution >= 0.6 is 0 Å². The highest BCUT2D eigenvalue weighted by Crippen LogP contribution is 2.33. The first kappa shape index (κ1) is 14.3. The maximum atomic E-state index is 12.4. The van der Waals surface area contributed by atoms with Crippen molar-refractivity contribution in [3.63, 3.8) is 0 Å². The van der Waals surface area contributed by atoms with Crippen LogP contribution in [0.1, 0.15) is 13.8 Å². The van der Waals surface area contributed by atoms with Crippen LogP contribution in [-0.2, 0) is 9.59 Å². The van der Waals surface area contributed by atoms with Crippen LogP contribution < -0.4 is 15.4 Å². The molecule has 0 saturated heterocycles. The fraction of sp³-hybridized carbons (Fsp3) is 0.429. The number of ether oxygens (including phenoxy) is 1. The van der Waals surface area contributed by atoms with Gasteiger partial charge in [-0.3, -0.25) is 4.79 Å². The highest BCUT2D eigenvalue weighted by Gasteiger charge is 2.35. The first-order valence-electron chi connectivity index (χ1n) is 6.47. The molecular formula is C14H18N2O4. The van der Waals surface area contributed by atoms with Crippen molar-refractivity contribution in [1.82, 2.24) is 0 Å². The number of hydrogen-bond donors (Lipinski definition) is 2. The van der Waals surface area contributed by atoms with Gasteiger partial charge in [-0.1, -0.05) is 26.0 Å². The summed E-state index contributed by atoms with van der Waals surface area (Å²) in [6.07, 6.45) is -1.08. The van der Waals surface area contributed by atoms with Crippen LogP contribution in [0.15, 0.2) is 24.3 Å². The highest BCUT2D eigenvalue weighted by atomic mass is 16.5. The van der Waals surface area contributed by atoms with Gasteiger partial charge in [0.05, 0.1) is 18.3 Å². The number of carbonyl (C=O) groups is 2. The van der Waals surface area contributed by atoms with E-state index in [-0.39, 0.29) is 18.4 Å². The number of carbonyl (C=O) groups excluding carboxylic acids is 1. The fourth-order valence-electron chi connectivity index (χ4n) is 2.04. The van der Waals surface area contributed by atoms with Crippen molar-refractivity contribution in [2.24, 2.45) is 11.7 Å². The summed E-state index contributed by atoms with van der Waals surface area (Å²) in [4.78, 5) is 25.0. The van der Waals surface area contributed by atoms with Crippen LogP contribution in [0, 0.1) is 5.92 Å². The number of benzene rings is 1. The smallest absolute Gasteiger partial charge is 0.346 e. The van der Waals surface area contributed by atoms with E-state index in [0.717, 1.165) is 0 Å². The van der Waals surface area contributed by atoms with E-state index in [1.165, 1.54) is 4.90 Å². The van der Waals surface area contributed by atoms with Crippen LogP contribution in [0.3, 0.4) is 0 Å². The minimum absolute atomic E-state index is 0.0271. The second kappa shape index (κ2) is 5.50. The Kier molecular flexibility index (Phi) is 3.94. The minimum Gasteiger partial charge on any atom is -0.478 e. The summed E-state index contributed by atoms with van der Waals surface area (Å²) in [6, 6.07) is 6.19. The molecule has 6 nitrogen and oxygen atoms in total. The quantitative estimate of drug-likeness (QED) is 0.855. The number of nitrogens with two attached hydrogens (primary N) is 1. The third-order valence-corrected chi connectivity index (χ3v) is 3.32. The lowest BCUT2D eigenvalue weighted by Crippen LogP contribution is -2.53. The Hall–Kier alpha value is -2.08. The largest absolute Gasteiger partial charge is 0.478 e. The van der Waals surface area contributed by atoms with E-state index >= 15 is 0 Å². The topological polar surface area (TPSA) is 92.9 Å². The number of anilines is 1. The van der Waals surface area contributed by atoms with E-state index in [9.17, 15) is 9.59 Å². The number of fused-ring (bicyclic) bond motifs is 1. The van der Waals surface area contributed by atoms with E-state index in [0.29, 0.717) is 11.4 Å². The molecule has 0 spiro atoms. The maximum absolute atomic E-state index is 12.4. The predicted molar refractivity (Wildman–Crippen MR) is 73.7 cm³/mol. The van der Waals surface area contributed by atoms with Crippen molar-refractivity contribution >= 4 is 17.6 Å². The lowest BCUT2D eigenvalue weighted by Gasteiger charge is -2.35. The lowest BCUT2D eigenvalue weighted by molar-refractivity contribution is -0.145. The zero-order chi connectivity index (χ0) is 14.9. The van der Waals surface area contributed by atoms with Crippen molar-refractivity contribution in [1.29, 1.82) is 0 Å². The molecule has 0 bridgehead atoms. The van der Waals surface area contributed by atoms with Crippen molar-refractivity contribution in [2.45, 2.75) is 26.0 Å². The van der Waals surface area contributed by atoms with Crippen LogP contribution in [0.5, 0.6) is 5.75 Å². The molecule has 3 N–H and O–H groups in total. The van der Waals surface area contributed by atoms with Gasteiger partial charge in [-0.2, -0.15) is 0 Å². The molecule has 1 aromatic carbocycles. The molecule has 20 heavy (non-hydrogen) atoms. The van der Waals surface area contributed by atoms with Crippen molar-refractivity contribution < 1.29 is 19.4 Å². The zero-order valence-electron chi connectivity index (χ0n) is 11.4. The van der Waals surface area contributed by atoms with Gasteiger partial charge in [-0.25, -0.2) is 4.79 Å². The number of hydrogen-bond acceptors (Lipinski definition) is 4. The van der Waals surface area contributed by atoms with Gasteiger partial charge in [0.25, 0.3) is 0 Å². The average Bonchev–Trinajstić information content (AvgIpc) is 2.44. The molecule has 0 aliphatic carbocycles. The Bertz CT molecular complexity index is 530. The van der Waals surface area contributed by atoms with Crippen LogP contribution in [0.25, 0.3) is 0 Å². The number of para-hydroxylation sites is 2. The van der Waals surface area contributed by atoms with E-state index in [1.54, 1.807) is 24.3 Å². The molecule has 0 fully saturated rings. The van der Waals surface area contributed by atoms with Crippen molar-refractivity contribution in [2.75, 3.05) is 11.4 Å². The zero-order valence-corrected chi connectivity index (χ0v) is 11.4. The monoisotopic (exact) mass is 278 g/mol. The van der Waals surface area contributed by atoms with Gasteiger partial charge >= 0.3 is 5.97 Å². The van der Waals surface area contributed by atoms with Gasteiger partial charge in [0.1, 0.15) is 5.75 Å². The maximum Gasteiger partial charge on any atom is 0.346 e. The Morgan fingerprint density at radius 1 is 1.40 bits per heavy atom. The predicted octanol–water partition coefficient (Wildman–Crippen LogP) is 0.849. The Morgan fingerprint density at radius 3 is 2.65 bits per heavy atom. The number of aliphatic carboxylic acids is 1. The first-order valence-corrected chi connectivity index (χ1v) is 6.47. The summed E-state index contributed by atoms with van der Waals surface area (Å²) in [6.45, 7) is 3.67. The van der Waals surface area contributed by atoms with Gasteiger partial charge < -0.3 is 20.5 Å². The summed E-state index contributed by atoms with van der Waals surface area (Å²) in [5, 5.41) is 9.12. The Balaban J connectivity index is 2.36. The molecule has 0 saturated carbocycles. The molecule has 1 unspecified atom stereocenters. The molecule has 2 rings (SSSR count). The van der Waals surface area contributed by atoms with E-state index in [1.807, 2.05) is 13.8 Å². The Labute approximate surface area is 117 Å². The standard InChI is InChI=1S/C14H18N2O4/c1-8(2)12(15)13(17)16-7-11(14(18)19)20-10-6-4-3-5-9(10)16/h3-6,8,11-12H,7,15H2,1-2H3,(H,18,19)/t11?,12-/m0/s1. The van der Waals surface area contributed by atoms with Crippen LogP contribution in [-0.4, -0.2) is 35.7 Å². The van der Waals surface area contributed by atoms with Crippen LogP contribution in [0.4, 0.5) is 5.69 Å². The van der Waals surface area contributed by atoms with Gasteiger partial charge in [0.15, 0.2) is 0 Å². The van der Waals surface area contributed by atoms with Crippen molar-refractivity contribution in [3.8, 4) is 5.75 Å².